The van der Waals surface area contributed by atoms with Crippen LogP contribution in [0.5, 0.6) is 5.75 Å². The summed E-state index contributed by atoms with van der Waals surface area (Å²) in [4.78, 5) is 0. The summed E-state index contributed by atoms with van der Waals surface area (Å²) in [7, 11) is -1.73. The quantitative estimate of drug-likeness (QED) is 0.686. The molecule has 0 saturated carbocycles. The fourth-order valence-corrected chi connectivity index (χ4v) is 3.99. The van der Waals surface area contributed by atoms with Gasteiger partial charge in [-0.3, -0.25) is 0 Å². The van der Waals surface area contributed by atoms with Gasteiger partial charge in [-0.2, -0.15) is 0 Å². The molecule has 0 bridgehead atoms. The molecule has 0 fully saturated rings. The predicted octanol–water partition coefficient (Wildman–Crippen LogP) is 5.28. The molecule has 1 aromatic rings. The third-order valence-corrected chi connectivity index (χ3v) is 8.54. The van der Waals surface area contributed by atoms with Crippen molar-refractivity contribution >= 4 is 25.3 Å². The van der Waals surface area contributed by atoms with Crippen LogP contribution >= 0.6 is 17.0 Å². The third-order valence-electron chi connectivity index (χ3n) is 4.11. The highest BCUT2D eigenvalue weighted by Crippen LogP contribution is 2.44. The Kier molecular flexibility index (Phi) is 5.95. The van der Waals surface area contributed by atoms with E-state index in [4.69, 9.17) is 4.43 Å². The van der Waals surface area contributed by atoms with Crippen LogP contribution in [-0.4, -0.2) is 8.32 Å². The number of benzene rings is 1. The van der Waals surface area contributed by atoms with Gasteiger partial charge in [-0.25, -0.2) is 0 Å². The monoisotopic (exact) mass is 316 g/mol. The molecule has 0 aromatic heterocycles. The van der Waals surface area contributed by atoms with E-state index in [-0.39, 0.29) is 22.0 Å². The molecule has 0 aliphatic rings. The molecule has 0 amide bonds. The van der Waals surface area contributed by atoms with E-state index < -0.39 is 8.32 Å². The smallest absolute Gasteiger partial charge is 0.251 e. The van der Waals surface area contributed by atoms with Crippen molar-refractivity contribution in [3.8, 4) is 5.75 Å². The Bertz CT molecular complexity index is 333. The van der Waals surface area contributed by atoms with E-state index in [9.17, 15) is 0 Å². The fourth-order valence-electron chi connectivity index (χ4n) is 1.61. The number of para-hydroxylation sites is 1. The molecule has 98 valence electrons. The molecule has 0 unspecified atom stereocenters. The third kappa shape index (κ3) is 3.85. The van der Waals surface area contributed by atoms with Crippen LogP contribution in [0.15, 0.2) is 30.3 Å². The Morgan fingerprint density at radius 2 is 1.53 bits per heavy atom. The predicted molar refractivity (Wildman–Crippen MR) is 83.8 cm³/mol. The second kappa shape index (κ2) is 6.05. The summed E-state index contributed by atoms with van der Waals surface area (Å²) >= 11 is 0. The molecular formula is C14H25BrOSi. The maximum absolute atomic E-state index is 6.27. The molecule has 1 rings (SSSR count). The van der Waals surface area contributed by atoms with Crippen LogP contribution in [0, 0.1) is 5.92 Å². The first-order chi connectivity index (χ1) is 7.27. The molecule has 0 N–H and O–H groups in total. The summed E-state index contributed by atoms with van der Waals surface area (Å²) in [5, 5.41) is 0.267. The van der Waals surface area contributed by atoms with Crippen LogP contribution < -0.4 is 4.43 Å². The molecule has 0 atom stereocenters. The van der Waals surface area contributed by atoms with Gasteiger partial charge in [0.1, 0.15) is 5.75 Å². The summed E-state index contributed by atoms with van der Waals surface area (Å²) in [5.41, 5.74) is 0. The number of hydrogen-bond donors (Lipinski definition) is 0. The molecule has 0 aliphatic carbocycles. The van der Waals surface area contributed by atoms with Crippen molar-refractivity contribution < 1.29 is 4.43 Å². The zero-order chi connectivity index (χ0) is 12.4. The molecule has 1 aromatic carbocycles. The lowest BCUT2D eigenvalue weighted by atomic mass is 9.99. The first-order valence-corrected chi connectivity index (χ1v) is 8.92. The molecule has 0 heterocycles. The van der Waals surface area contributed by atoms with E-state index >= 15 is 0 Å². The van der Waals surface area contributed by atoms with Crippen LogP contribution in [0.4, 0.5) is 0 Å². The Balaban J connectivity index is 0.00000256. The van der Waals surface area contributed by atoms with Crippen molar-refractivity contribution in [1.82, 2.24) is 0 Å². The minimum Gasteiger partial charge on any atom is -0.543 e. The van der Waals surface area contributed by atoms with Gasteiger partial charge < -0.3 is 4.43 Å². The second-order valence-electron chi connectivity index (χ2n) is 5.80. The lowest BCUT2D eigenvalue weighted by molar-refractivity contribution is 0.394. The van der Waals surface area contributed by atoms with E-state index in [1.165, 1.54) is 0 Å². The van der Waals surface area contributed by atoms with E-state index in [1.807, 2.05) is 30.3 Å². The molecule has 0 spiro atoms. The summed E-state index contributed by atoms with van der Waals surface area (Å²) < 4.78 is 6.27. The molecular weight excluding hydrogens is 292 g/mol. The first kappa shape index (κ1) is 16.7. The Hall–Kier alpha value is -0.283. The molecule has 0 radical (unpaired) electrons. The average Bonchev–Trinajstić information content (AvgIpc) is 2.18. The largest absolute Gasteiger partial charge is 0.543 e. The van der Waals surface area contributed by atoms with Crippen molar-refractivity contribution in [3.05, 3.63) is 30.3 Å². The van der Waals surface area contributed by atoms with Gasteiger partial charge in [0, 0.05) is 0 Å². The first-order valence-electron chi connectivity index (χ1n) is 6.01. The molecule has 0 saturated heterocycles. The van der Waals surface area contributed by atoms with Crippen molar-refractivity contribution in [2.24, 2.45) is 5.92 Å². The van der Waals surface area contributed by atoms with E-state index in [2.05, 4.69) is 40.8 Å². The van der Waals surface area contributed by atoms with E-state index in [0.29, 0.717) is 5.92 Å². The SMILES string of the molecule is Br.CC(C)C(C)(C)[Si](C)(C)Oc1ccccc1. The summed E-state index contributed by atoms with van der Waals surface area (Å²) in [5.74, 6) is 1.64. The van der Waals surface area contributed by atoms with Crippen molar-refractivity contribution in [2.75, 3.05) is 0 Å². The van der Waals surface area contributed by atoms with Crippen LogP contribution in [0.2, 0.25) is 18.1 Å². The van der Waals surface area contributed by atoms with Crippen molar-refractivity contribution in [1.29, 1.82) is 0 Å². The number of halogens is 1. The zero-order valence-corrected chi connectivity index (χ0v) is 14.5. The Labute approximate surface area is 117 Å². The molecule has 3 heteroatoms. The molecule has 0 aliphatic heterocycles. The minimum atomic E-state index is -1.73. The van der Waals surface area contributed by atoms with E-state index in [0.717, 1.165) is 5.75 Å². The number of hydrogen-bond acceptors (Lipinski definition) is 1. The van der Waals surface area contributed by atoms with E-state index in [1.54, 1.807) is 0 Å². The molecule has 1 nitrogen and oxygen atoms in total. The summed E-state index contributed by atoms with van der Waals surface area (Å²) in [6.45, 7) is 13.8. The van der Waals surface area contributed by atoms with Gasteiger partial charge in [0.2, 0.25) is 0 Å². The van der Waals surface area contributed by atoms with Crippen LogP contribution in [0.1, 0.15) is 27.7 Å². The van der Waals surface area contributed by atoms with Crippen LogP contribution in [0.25, 0.3) is 0 Å². The maximum Gasteiger partial charge on any atom is 0.251 e. The van der Waals surface area contributed by atoms with Crippen LogP contribution in [0.3, 0.4) is 0 Å². The standard InChI is InChI=1S/C14H24OSi.BrH/c1-12(2)14(3,4)16(5,6)15-13-10-8-7-9-11-13;/h7-12H,1-6H3;1H. The van der Waals surface area contributed by atoms with Gasteiger partial charge in [-0.1, -0.05) is 45.9 Å². The maximum atomic E-state index is 6.27. The molecule has 17 heavy (non-hydrogen) atoms. The van der Waals surface area contributed by atoms with Gasteiger partial charge in [-0.05, 0) is 36.2 Å². The highest BCUT2D eigenvalue weighted by Gasteiger charge is 2.44. The van der Waals surface area contributed by atoms with Crippen molar-refractivity contribution in [3.63, 3.8) is 0 Å². The lowest BCUT2D eigenvalue weighted by Gasteiger charge is -2.42. The second-order valence-corrected chi connectivity index (χ2v) is 10.3. The van der Waals surface area contributed by atoms with Gasteiger partial charge in [0.15, 0.2) is 0 Å². The fraction of sp³-hybridized carbons (Fsp3) is 0.571. The number of rotatable bonds is 4. The van der Waals surface area contributed by atoms with Gasteiger partial charge in [0.25, 0.3) is 8.32 Å². The highest BCUT2D eigenvalue weighted by atomic mass is 79.9. The topological polar surface area (TPSA) is 9.23 Å². The average molecular weight is 317 g/mol. The Morgan fingerprint density at radius 3 is 1.94 bits per heavy atom. The Morgan fingerprint density at radius 1 is 1.06 bits per heavy atom. The minimum absolute atomic E-state index is 0. The zero-order valence-electron chi connectivity index (χ0n) is 11.8. The van der Waals surface area contributed by atoms with Gasteiger partial charge >= 0.3 is 0 Å². The normalized spacial score (nSPS) is 12.2. The van der Waals surface area contributed by atoms with Crippen LogP contribution in [-0.2, 0) is 0 Å². The van der Waals surface area contributed by atoms with Gasteiger partial charge in [-0.15, -0.1) is 17.0 Å². The summed E-state index contributed by atoms with van der Waals surface area (Å²) in [6.07, 6.45) is 0. The van der Waals surface area contributed by atoms with Gasteiger partial charge in [0.05, 0.1) is 0 Å². The summed E-state index contributed by atoms with van der Waals surface area (Å²) in [6, 6.07) is 10.2. The van der Waals surface area contributed by atoms with Crippen molar-refractivity contribution in [2.45, 2.75) is 45.8 Å². The highest BCUT2D eigenvalue weighted by molar-refractivity contribution is 8.93. The lowest BCUT2D eigenvalue weighted by Crippen LogP contribution is -2.47.